The molecule has 0 fully saturated rings. The molecule has 146 valence electrons. The standard InChI is InChI=1S/C29H24O/c1-19-15-20(2)29(21(3)16-19)25-12-6-7-13-27(25)30-28-14-8-11-24-17-22-9-4-5-10-23(22)18-26(24)28/h4-18H,1-3H3. The number of aryl methyl sites for hydroxylation is 3. The smallest absolute Gasteiger partial charge is 0.135 e. The van der Waals surface area contributed by atoms with Crippen molar-refractivity contribution >= 4 is 21.5 Å². The number of hydrogen-bond acceptors (Lipinski definition) is 1. The molecule has 0 atom stereocenters. The van der Waals surface area contributed by atoms with E-state index in [2.05, 4.69) is 106 Å². The lowest BCUT2D eigenvalue weighted by atomic mass is 9.93. The molecule has 0 unspecified atom stereocenters. The Morgan fingerprint density at radius 3 is 1.90 bits per heavy atom. The Kier molecular flexibility index (Phi) is 4.52. The fraction of sp³-hybridized carbons (Fsp3) is 0.103. The number of hydrogen-bond donors (Lipinski definition) is 0. The van der Waals surface area contributed by atoms with Gasteiger partial charge in [-0.1, -0.05) is 72.3 Å². The van der Waals surface area contributed by atoms with Crippen LogP contribution in [0.5, 0.6) is 11.5 Å². The molecule has 0 aromatic heterocycles. The summed E-state index contributed by atoms with van der Waals surface area (Å²) in [6.45, 7) is 6.50. The predicted molar refractivity (Wildman–Crippen MR) is 128 cm³/mol. The number of benzene rings is 5. The summed E-state index contributed by atoms with van der Waals surface area (Å²) in [5, 5.41) is 4.78. The van der Waals surface area contributed by atoms with E-state index < -0.39 is 0 Å². The van der Waals surface area contributed by atoms with Gasteiger partial charge < -0.3 is 4.74 Å². The third-order valence-electron chi connectivity index (χ3n) is 5.76. The van der Waals surface area contributed by atoms with Crippen molar-refractivity contribution in [2.45, 2.75) is 20.8 Å². The van der Waals surface area contributed by atoms with Gasteiger partial charge in [-0.3, -0.25) is 0 Å². The summed E-state index contributed by atoms with van der Waals surface area (Å²) in [7, 11) is 0. The highest BCUT2D eigenvalue weighted by atomic mass is 16.5. The van der Waals surface area contributed by atoms with Crippen LogP contribution in [0.15, 0.2) is 91.0 Å². The molecule has 1 heteroatoms. The molecular formula is C29H24O. The molecule has 0 radical (unpaired) electrons. The third kappa shape index (κ3) is 3.23. The molecular weight excluding hydrogens is 364 g/mol. The van der Waals surface area contributed by atoms with Crippen LogP contribution in [0.2, 0.25) is 0 Å². The number of ether oxygens (including phenoxy) is 1. The molecule has 5 aromatic rings. The molecule has 5 aromatic carbocycles. The van der Waals surface area contributed by atoms with E-state index in [4.69, 9.17) is 4.74 Å². The van der Waals surface area contributed by atoms with Gasteiger partial charge in [-0.15, -0.1) is 0 Å². The van der Waals surface area contributed by atoms with Crippen LogP contribution >= 0.6 is 0 Å². The van der Waals surface area contributed by atoms with Crippen molar-refractivity contribution < 1.29 is 4.74 Å². The third-order valence-corrected chi connectivity index (χ3v) is 5.76. The summed E-state index contributed by atoms with van der Waals surface area (Å²) in [5.41, 5.74) is 6.21. The highest BCUT2D eigenvalue weighted by molar-refractivity contribution is 6.01. The first-order valence-corrected chi connectivity index (χ1v) is 10.4. The summed E-state index contributed by atoms with van der Waals surface area (Å²) in [6, 6.07) is 32.0. The lowest BCUT2D eigenvalue weighted by molar-refractivity contribution is 0.490. The molecule has 5 rings (SSSR count). The Labute approximate surface area is 177 Å². The lowest BCUT2D eigenvalue weighted by Crippen LogP contribution is -1.94. The van der Waals surface area contributed by atoms with Gasteiger partial charge in [-0.05, 0) is 77.9 Å². The van der Waals surface area contributed by atoms with Crippen LogP contribution in [0.4, 0.5) is 0 Å². The van der Waals surface area contributed by atoms with E-state index in [0.717, 1.165) is 22.4 Å². The minimum Gasteiger partial charge on any atom is -0.456 e. The van der Waals surface area contributed by atoms with Crippen molar-refractivity contribution in [1.29, 1.82) is 0 Å². The van der Waals surface area contributed by atoms with Crippen LogP contribution in [0.25, 0.3) is 32.7 Å². The van der Waals surface area contributed by atoms with Crippen LogP contribution in [-0.2, 0) is 0 Å². The Balaban J connectivity index is 1.66. The first-order valence-electron chi connectivity index (χ1n) is 10.4. The van der Waals surface area contributed by atoms with E-state index in [-0.39, 0.29) is 0 Å². The summed E-state index contributed by atoms with van der Waals surface area (Å²) < 4.78 is 6.57. The summed E-state index contributed by atoms with van der Waals surface area (Å²) in [5.74, 6) is 1.77. The number of rotatable bonds is 3. The van der Waals surface area contributed by atoms with Crippen molar-refractivity contribution in [3.8, 4) is 22.6 Å². The number of para-hydroxylation sites is 1. The van der Waals surface area contributed by atoms with Crippen molar-refractivity contribution in [2.75, 3.05) is 0 Å². The van der Waals surface area contributed by atoms with Gasteiger partial charge in [0.1, 0.15) is 11.5 Å². The average molecular weight is 389 g/mol. The van der Waals surface area contributed by atoms with E-state index in [0.29, 0.717) is 0 Å². The predicted octanol–water partition coefficient (Wildman–Crippen LogP) is 8.38. The molecule has 0 saturated carbocycles. The Morgan fingerprint density at radius 1 is 0.533 bits per heavy atom. The fourth-order valence-electron chi connectivity index (χ4n) is 4.51. The highest BCUT2D eigenvalue weighted by Gasteiger charge is 2.14. The van der Waals surface area contributed by atoms with Crippen LogP contribution in [0.1, 0.15) is 16.7 Å². The Bertz CT molecular complexity index is 1370. The average Bonchev–Trinajstić information content (AvgIpc) is 2.73. The van der Waals surface area contributed by atoms with E-state index in [1.807, 2.05) is 6.07 Å². The molecule has 0 aliphatic rings. The molecule has 0 bridgehead atoms. The van der Waals surface area contributed by atoms with Crippen LogP contribution in [-0.4, -0.2) is 0 Å². The highest BCUT2D eigenvalue weighted by Crippen LogP contribution is 2.39. The maximum absolute atomic E-state index is 6.57. The maximum atomic E-state index is 6.57. The van der Waals surface area contributed by atoms with Gasteiger partial charge in [0, 0.05) is 10.9 Å². The zero-order chi connectivity index (χ0) is 20.7. The quantitative estimate of drug-likeness (QED) is 0.282. The summed E-state index contributed by atoms with van der Waals surface area (Å²) >= 11 is 0. The fourth-order valence-corrected chi connectivity index (χ4v) is 4.51. The molecule has 0 aliphatic heterocycles. The van der Waals surface area contributed by atoms with Crippen molar-refractivity contribution in [3.05, 3.63) is 108 Å². The van der Waals surface area contributed by atoms with Crippen LogP contribution in [0.3, 0.4) is 0 Å². The zero-order valence-corrected chi connectivity index (χ0v) is 17.6. The van der Waals surface area contributed by atoms with Gasteiger partial charge in [0.25, 0.3) is 0 Å². The summed E-state index contributed by atoms with van der Waals surface area (Å²) in [6.07, 6.45) is 0. The molecule has 0 amide bonds. The monoisotopic (exact) mass is 388 g/mol. The molecule has 0 saturated heterocycles. The molecule has 0 N–H and O–H groups in total. The van der Waals surface area contributed by atoms with Gasteiger partial charge in [0.05, 0.1) is 0 Å². The Hall–Kier alpha value is -3.58. The second kappa shape index (κ2) is 7.35. The van der Waals surface area contributed by atoms with Gasteiger partial charge in [-0.25, -0.2) is 0 Å². The molecule has 0 heterocycles. The number of fused-ring (bicyclic) bond motifs is 2. The van der Waals surface area contributed by atoms with E-state index in [9.17, 15) is 0 Å². The maximum Gasteiger partial charge on any atom is 0.135 e. The first kappa shape index (κ1) is 18.4. The van der Waals surface area contributed by atoms with Crippen LogP contribution in [0, 0.1) is 20.8 Å². The van der Waals surface area contributed by atoms with Gasteiger partial charge >= 0.3 is 0 Å². The van der Waals surface area contributed by atoms with Crippen molar-refractivity contribution in [1.82, 2.24) is 0 Å². The molecule has 1 nitrogen and oxygen atoms in total. The minimum absolute atomic E-state index is 0.883. The first-order chi connectivity index (χ1) is 14.6. The lowest BCUT2D eigenvalue weighted by Gasteiger charge is -2.17. The molecule has 0 spiro atoms. The van der Waals surface area contributed by atoms with Crippen LogP contribution < -0.4 is 4.74 Å². The normalized spacial score (nSPS) is 11.2. The zero-order valence-electron chi connectivity index (χ0n) is 17.6. The molecule has 30 heavy (non-hydrogen) atoms. The van der Waals surface area contributed by atoms with E-state index in [1.54, 1.807) is 0 Å². The van der Waals surface area contributed by atoms with Gasteiger partial charge in [0.2, 0.25) is 0 Å². The second-order valence-corrected chi connectivity index (χ2v) is 8.05. The van der Waals surface area contributed by atoms with Gasteiger partial charge in [0.15, 0.2) is 0 Å². The van der Waals surface area contributed by atoms with Gasteiger partial charge in [-0.2, -0.15) is 0 Å². The topological polar surface area (TPSA) is 9.23 Å². The SMILES string of the molecule is Cc1cc(C)c(-c2ccccc2Oc2cccc3cc4ccccc4cc23)c(C)c1. The van der Waals surface area contributed by atoms with E-state index >= 15 is 0 Å². The minimum atomic E-state index is 0.883. The largest absolute Gasteiger partial charge is 0.456 e. The van der Waals surface area contributed by atoms with E-state index in [1.165, 1.54) is 38.4 Å². The summed E-state index contributed by atoms with van der Waals surface area (Å²) in [4.78, 5) is 0. The second-order valence-electron chi connectivity index (χ2n) is 8.05. The Morgan fingerprint density at radius 2 is 1.13 bits per heavy atom. The van der Waals surface area contributed by atoms with Crippen molar-refractivity contribution in [2.24, 2.45) is 0 Å². The van der Waals surface area contributed by atoms with Crippen molar-refractivity contribution in [3.63, 3.8) is 0 Å². The molecule has 0 aliphatic carbocycles.